The van der Waals surface area contributed by atoms with Gasteiger partial charge in [-0.1, -0.05) is 6.92 Å². The number of thioether (sulfide) groups is 1. The van der Waals surface area contributed by atoms with Crippen molar-refractivity contribution >= 4 is 11.8 Å². The van der Waals surface area contributed by atoms with Crippen LogP contribution in [0, 0.1) is 5.92 Å². The van der Waals surface area contributed by atoms with Crippen LogP contribution < -0.4 is 5.32 Å². The van der Waals surface area contributed by atoms with Gasteiger partial charge in [-0.15, -0.1) is 0 Å². The van der Waals surface area contributed by atoms with Crippen molar-refractivity contribution in [2.45, 2.75) is 64.7 Å². The van der Waals surface area contributed by atoms with Gasteiger partial charge < -0.3 is 15.0 Å². The van der Waals surface area contributed by atoms with Crippen molar-refractivity contribution in [2.24, 2.45) is 5.92 Å². The third-order valence-electron chi connectivity index (χ3n) is 4.95. The Hall–Kier alpha value is 0.230. The van der Waals surface area contributed by atoms with Gasteiger partial charge in [-0.2, -0.15) is 11.8 Å². The zero-order chi connectivity index (χ0) is 15.5. The fraction of sp³-hybridized carbons (Fsp3) is 1.00. The smallest absolute Gasteiger partial charge is 0.0790 e. The first kappa shape index (κ1) is 17.6. The molecule has 21 heavy (non-hydrogen) atoms. The van der Waals surface area contributed by atoms with Crippen LogP contribution in [0.3, 0.4) is 0 Å². The molecule has 2 saturated heterocycles. The molecule has 0 spiro atoms. The van der Waals surface area contributed by atoms with Crippen LogP contribution in [-0.2, 0) is 4.74 Å². The van der Waals surface area contributed by atoms with E-state index in [1.807, 2.05) is 0 Å². The van der Waals surface area contributed by atoms with Gasteiger partial charge in [0.1, 0.15) is 0 Å². The Kier molecular flexibility index (Phi) is 6.03. The average Bonchev–Trinajstić information content (AvgIpc) is 2.58. The summed E-state index contributed by atoms with van der Waals surface area (Å²) in [6.45, 7) is 16.0. The highest BCUT2D eigenvalue weighted by Crippen LogP contribution is 2.42. The summed E-state index contributed by atoms with van der Waals surface area (Å²) in [6.07, 6.45) is 2.51. The second kappa shape index (κ2) is 7.20. The number of hydrogen-bond donors (Lipinski definition) is 1. The van der Waals surface area contributed by atoms with Crippen LogP contribution in [0.25, 0.3) is 0 Å². The molecule has 4 heteroatoms. The van der Waals surface area contributed by atoms with Crippen LogP contribution >= 0.6 is 11.8 Å². The Bertz CT molecular complexity index is 325. The minimum Gasteiger partial charge on any atom is -0.368 e. The van der Waals surface area contributed by atoms with Gasteiger partial charge in [0.2, 0.25) is 0 Å². The molecule has 0 bridgehead atoms. The lowest BCUT2D eigenvalue weighted by atomic mass is 9.82. The first-order chi connectivity index (χ1) is 9.87. The van der Waals surface area contributed by atoms with Crippen LogP contribution in [0.1, 0.15) is 47.5 Å². The molecule has 2 fully saturated rings. The summed E-state index contributed by atoms with van der Waals surface area (Å²) >= 11 is 2.10. The molecule has 2 unspecified atom stereocenters. The van der Waals surface area contributed by atoms with E-state index in [1.54, 1.807) is 0 Å². The molecule has 0 aromatic carbocycles. The average molecular weight is 315 g/mol. The van der Waals surface area contributed by atoms with Crippen molar-refractivity contribution in [3.05, 3.63) is 0 Å². The predicted octanol–water partition coefficient (Wildman–Crippen LogP) is 3.00. The second-order valence-electron chi connectivity index (χ2n) is 7.61. The van der Waals surface area contributed by atoms with Gasteiger partial charge in [-0.05, 0) is 59.4 Å². The van der Waals surface area contributed by atoms with E-state index in [-0.39, 0.29) is 11.2 Å². The maximum Gasteiger partial charge on any atom is 0.0790 e. The summed E-state index contributed by atoms with van der Waals surface area (Å²) in [5, 5.41) is 3.78. The molecule has 0 saturated carbocycles. The summed E-state index contributed by atoms with van der Waals surface area (Å²) < 4.78 is 6.44. The van der Waals surface area contributed by atoms with Crippen LogP contribution in [0.15, 0.2) is 0 Å². The Labute approximate surface area is 135 Å². The first-order valence-corrected chi connectivity index (χ1v) is 9.76. The zero-order valence-electron chi connectivity index (χ0n) is 14.6. The molecule has 0 aromatic rings. The number of nitrogens with one attached hydrogen (secondary N) is 1. The van der Waals surface area contributed by atoms with Gasteiger partial charge >= 0.3 is 0 Å². The van der Waals surface area contributed by atoms with Gasteiger partial charge in [-0.25, -0.2) is 0 Å². The molecule has 1 N–H and O–H groups in total. The molecular formula is C17H34N2OS. The quantitative estimate of drug-likeness (QED) is 0.843. The summed E-state index contributed by atoms with van der Waals surface area (Å²) in [4.78, 5) is 2.66. The van der Waals surface area contributed by atoms with Gasteiger partial charge in [0.25, 0.3) is 0 Å². The minimum absolute atomic E-state index is 0.0473. The number of rotatable bonds is 5. The lowest BCUT2D eigenvalue weighted by molar-refractivity contribution is -0.0795. The van der Waals surface area contributed by atoms with Crippen molar-refractivity contribution in [2.75, 3.05) is 37.7 Å². The molecule has 3 nitrogen and oxygen atoms in total. The summed E-state index contributed by atoms with van der Waals surface area (Å²) in [6, 6.07) is 0.448. The van der Waals surface area contributed by atoms with Crippen molar-refractivity contribution < 1.29 is 4.74 Å². The van der Waals surface area contributed by atoms with Crippen molar-refractivity contribution in [3.63, 3.8) is 0 Å². The van der Waals surface area contributed by atoms with Gasteiger partial charge in [-0.3, -0.25) is 0 Å². The number of hydrogen-bond acceptors (Lipinski definition) is 4. The monoisotopic (exact) mass is 314 g/mol. The van der Waals surface area contributed by atoms with E-state index in [2.05, 4.69) is 56.6 Å². The van der Waals surface area contributed by atoms with E-state index in [9.17, 15) is 0 Å². The summed E-state index contributed by atoms with van der Waals surface area (Å²) in [5.74, 6) is 3.16. The number of nitrogens with zero attached hydrogens (tertiary/aromatic N) is 1. The second-order valence-corrected chi connectivity index (χ2v) is 8.84. The first-order valence-electron chi connectivity index (χ1n) is 8.60. The van der Waals surface area contributed by atoms with Crippen molar-refractivity contribution in [1.29, 1.82) is 0 Å². The summed E-state index contributed by atoms with van der Waals surface area (Å²) in [5.41, 5.74) is -0.127. The lowest BCUT2D eigenvalue weighted by Gasteiger charge is -2.34. The highest BCUT2D eigenvalue weighted by molar-refractivity contribution is 7.99. The molecule has 2 rings (SSSR count). The molecule has 2 aliphatic rings. The highest BCUT2D eigenvalue weighted by Gasteiger charge is 2.53. The van der Waals surface area contributed by atoms with Gasteiger partial charge in [0, 0.05) is 30.8 Å². The molecule has 124 valence electrons. The Morgan fingerprint density at radius 2 is 1.90 bits per heavy atom. The summed E-state index contributed by atoms with van der Waals surface area (Å²) in [7, 11) is 0. The molecular weight excluding hydrogens is 280 g/mol. The molecule has 0 aromatic heterocycles. The van der Waals surface area contributed by atoms with Crippen molar-refractivity contribution in [3.8, 4) is 0 Å². The van der Waals surface area contributed by atoms with Crippen LogP contribution in [-0.4, -0.2) is 59.8 Å². The third-order valence-corrected chi connectivity index (χ3v) is 6.00. The minimum atomic E-state index is -0.0794. The third kappa shape index (κ3) is 4.37. The van der Waals surface area contributed by atoms with Gasteiger partial charge in [0.05, 0.1) is 11.2 Å². The highest BCUT2D eigenvalue weighted by atomic mass is 32.2. The maximum absolute atomic E-state index is 6.44. The topological polar surface area (TPSA) is 24.5 Å². The van der Waals surface area contributed by atoms with E-state index >= 15 is 0 Å². The molecule has 0 radical (unpaired) electrons. The molecule has 2 heterocycles. The normalized spacial score (nSPS) is 33.0. The van der Waals surface area contributed by atoms with Crippen molar-refractivity contribution in [1.82, 2.24) is 10.2 Å². The van der Waals surface area contributed by atoms with Crippen LogP contribution in [0.4, 0.5) is 0 Å². The van der Waals surface area contributed by atoms with Crippen LogP contribution in [0.2, 0.25) is 0 Å². The SMILES string of the molecule is CCCNC1C(CN2CCCSCC2)C(C)(C)OC1(C)C. The lowest BCUT2D eigenvalue weighted by Crippen LogP contribution is -2.51. The molecule has 0 aliphatic carbocycles. The van der Waals surface area contributed by atoms with E-state index in [0.717, 1.165) is 6.54 Å². The van der Waals surface area contributed by atoms with E-state index < -0.39 is 0 Å². The Morgan fingerprint density at radius 1 is 1.14 bits per heavy atom. The standard InChI is InChI=1S/C17H34N2OS/c1-6-8-18-15-14(16(2,3)20-17(15,4)5)13-19-9-7-11-21-12-10-19/h14-15,18H,6-13H2,1-5H3. The Balaban J connectivity index is 2.07. The van der Waals surface area contributed by atoms with E-state index in [0.29, 0.717) is 12.0 Å². The van der Waals surface area contributed by atoms with Crippen LogP contribution in [0.5, 0.6) is 0 Å². The number of ether oxygens (including phenoxy) is 1. The van der Waals surface area contributed by atoms with E-state index in [4.69, 9.17) is 4.74 Å². The van der Waals surface area contributed by atoms with Gasteiger partial charge in [0.15, 0.2) is 0 Å². The molecule has 2 atom stereocenters. The zero-order valence-corrected chi connectivity index (χ0v) is 15.4. The largest absolute Gasteiger partial charge is 0.368 e. The molecule has 0 amide bonds. The molecule has 2 aliphatic heterocycles. The Morgan fingerprint density at radius 3 is 2.62 bits per heavy atom. The maximum atomic E-state index is 6.44. The fourth-order valence-corrected chi connectivity index (χ4v) is 4.90. The fourth-order valence-electron chi connectivity index (χ4n) is 3.97. The predicted molar refractivity (Wildman–Crippen MR) is 93.2 cm³/mol. The van der Waals surface area contributed by atoms with E-state index in [1.165, 1.54) is 44.0 Å².